The van der Waals surface area contributed by atoms with Crippen LogP contribution < -0.4 is 9.05 Å². The van der Waals surface area contributed by atoms with Gasteiger partial charge >= 0.3 is 16.9 Å². The summed E-state index contributed by atoms with van der Waals surface area (Å²) in [6.45, 7) is 55.8. The molecule has 6 nitrogen and oxygen atoms in total. The van der Waals surface area contributed by atoms with Crippen molar-refractivity contribution >= 4 is 82.1 Å². The fraction of sp³-hybridized carbons (Fsp3) is 0.296. The maximum absolute atomic E-state index is 8.39. The van der Waals surface area contributed by atoms with E-state index in [4.69, 9.17) is 9.05 Å². The summed E-state index contributed by atoms with van der Waals surface area (Å²) in [6.07, 6.45) is 9.06. The summed E-state index contributed by atoms with van der Waals surface area (Å²) in [4.78, 5) is 0. The van der Waals surface area contributed by atoms with Crippen molar-refractivity contribution in [3.8, 4) is 67.1 Å². The first-order chi connectivity index (χ1) is 54.5. The minimum Gasteiger partial charge on any atom is -0.435 e. The van der Waals surface area contributed by atoms with Gasteiger partial charge in [-0.2, -0.15) is 0 Å². The van der Waals surface area contributed by atoms with Crippen molar-refractivity contribution < 1.29 is 9.05 Å². The van der Waals surface area contributed by atoms with Gasteiger partial charge in [0.15, 0.2) is 0 Å². The summed E-state index contributed by atoms with van der Waals surface area (Å²) in [6, 6.07) is 92.8. The fourth-order valence-electron chi connectivity index (χ4n) is 16.1. The van der Waals surface area contributed by atoms with E-state index in [9.17, 15) is 0 Å². The van der Waals surface area contributed by atoms with Crippen molar-refractivity contribution in [2.45, 2.75) is 209 Å². The normalized spacial score (nSPS) is 13.2. The Morgan fingerprint density at radius 1 is 0.198 bits per heavy atom. The average Bonchev–Trinajstić information content (AvgIpc) is 1.37. The molecule has 16 rings (SSSR count). The van der Waals surface area contributed by atoms with Crippen molar-refractivity contribution in [2.75, 3.05) is 0 Å². The smallest absolute Gasteiger partial charge is 0.318 e. The van der Waals surface area contributed by atoms with Gasteiger partial charge in [-0.15, -0.1) is 0 Å². The Morgan fingerprint density at radius 3 is 0.621 bits per heavy atom. The molecule has 8 heteroatoms. The minimum atomic E-state index is -1.84. The fourth-order valence-corrected chi connectivity index (χ4v) is 19.7. The van der Waals surface area contributed by atoms with Gasteiger partial charge < -0.3 is 9.05 Å². The lowest BCUT2D eigenvalue weighted by Crippen LogP contribution is -2.16. The van der Waals surface area contributed by atoms with Crippen LogP contribution in [0.15, 0.2) is 267 Å². The SMILES string of the molecule is CC(C)(C)c1cc(-c2ccc3ccn(P(Oc4ccc5ccccc5c4-c4c(OP(n5ccc6ccc(-c7cc(C(C)(C)C)cc(C(C)(C)C)c7)cc65)n5ccc6ccc(-c7cc(C(C)(C)C)cc(C(C)(C)C)c7)cc65)ccc5ccccc45)n4ccc5ccc(-c6cc(C(C)(C)C)cc(C(C)(C)C)c6)cc54)c3c2)cc(C(C)(C)C)c1. The van der Waals surface area contributed by atoms with Crippen LogP contribution in [-0.4, -0.2) is 17.4 Å². The third kappa shape index (κ3) is 15.5. The Hall–Kier alpha value is -10.2. The van der Waals surface area contributed by atoms with Crippen LogP contribution in [-0.2, 0) is 43.3 Å². The van der Waals surface area contributed by atoms with Crippen LogP contribution in [0.25, 0.3) is 121 Å². The average molecular weight is 1560 g/mol. The number of benzene rings is 12. The van der Waals surface area contributed by atoms with E-state index < -0.39 is 16.9 Å². The number of fused-ring (bicyclic) bond motifs is 6. The van der Waals surface area contributed by atoms with E-state index in [1.807, 2.05) is 0 Å². The van der Waals surface area contributed by atoms with Gasteiger partial charge in [0, 0.05) is 57.5 Å². The molecule has 0 atom stereocenters. The van der Waals surface area contributed by atoms with Crippen LogP contribution in [0.4, 0.5) is 0 Å². The molecule has 16 aromatic rings. The van der Waals surface area contributed by atoms with Gasteiger partial charge in [-0.25, -0.2) is 0 Å². The van der Waals surface area contributed by atoms with Gasteiger partial charge in [-0.05, 0) is 215 Å². The van der Waals surface area contributed by atoms with Crippen LogP contribution in [0, 0.1) is 0 Å². The second-order valence-corrected chi connectivity index (χ2v) is 44.0. The Labute approximate surface area is 692 Å². The number of hydrogen-bond donors (Lipinski definition) is 0. The van der Waals surface area contributed by atoms with E-state index in [-0.39, 0.29) is 43.3 Å². The first kappa shape index (κ1) is 79.6. The summed E-state index contributed by atoms with van der Waals surface area (Å²) in [7, 11) is -3.67. The van der Waals surface area contributed by atoms with Crippen LogP contribution >= 0.6 is 16.9 Å². The van der Waals surface area contributed by atoms with Crippen molar-refractivity contribution in [1.82, 2.24) is 17.4 Å². The van der Waals surface area contributed by atoms with Crippen molar-refractivity contribution in [1.29, 1.82) is 0 Å². The summed E-state index contributed by atoms with van der Waals surface area (Å²) in [5.74, 6) is 1.48. The Morgan fingerprint density at radius 2 is 0.405 bits per heavy atom. The molecular weight excluding hydrogens is 1450 g/mol. The Bertz CT molecular complexity index is 5680. The second-order valence-electron chi connectivity index (χ2n) is 40.9. The van der Waals surface area contributed by atoms with Gasteiger partial charge in [-0.3, -0.25) is 17.4 Å². The molecule has 0 fully saturated rings. The third-order valence-corrected chi connectivity index (χ3v) is 27.4. The lowest BCUT2D eigenvalue weighted by molar-refractivity contribution is 0.568. The molecule has 0 aliphatic heterocycles. The first-order valence-corrected chi connectivity index (χ1v) is 43.9. The number of rotatable bonds is 13. The molecule has 0 aliphatic rings. The Kier molecular flexibility index (Phi) is 19.8. The molecule has 0 saturated carbocycles. The predicted octanol–water partition coefficient (Wildman–Crippen LogP) is 31.9. The number of hydrogen-bond acceptors (Lipinski definition) is 2. The van der Waals surface area contributed by atoms with Crippen molar-refractivity contribution in [3.05, 3.63) is 312 Å². The van der Waals surface area contributed by atoms with Gasteiger partial charge in [0.05, 0.1) is 22.1 Å². The molecule has 4 aromatic heterocycles. The molecule has 0 bridgehead atoms. The van der Waals surface area contributed by atoms with E-state index in [1.165, 1.54) is 66.8 Å². The van der Waals surface area contributed by atoms with Crippen LogP contribution in [0.2, 0.25) is 0 Å². The zero-order chi connectivity index (χ0) is 82.5. The van der Waals surface area contributed by atoms with E-state index in [0.717, 1.165) is 110 Å². The monoisotopic (exact) mass is 1560 g/mol. The number of aromatic nitrogens is 4. The quantitative estimate of drug-likeness (QED) is 0.108. The van der Waals surface area contributed by atoms with Crippen LogP contribution in [0.5, 0.6) is 11.5 Å². The van der Waals surface area contributed by atoms with E-state index in [0.29, 0.717) is 0 Å². The Balaban J connectivity index is 0.936. The topological polar surface area (TPSA) is 38.2 Å². The van der Waals surface area contributed by atoms with E-state index in [1.54, 1.807) is 0 Å². The summed E-state index contributed by atoms with van der Waals surface area (Å²) in [5, 5.41) is 8.81. The zero-order valence-corrected chi connectivity index (χ0v) is 74.7. The molecule has 116 heavy (non-hydrogen) atoms. The second kappa shape index (κ2) is 28.8. The molecule has 12 aromatic carbocycles. The number of nitrogens with zero attached hydrogens (tertiary/aromatic N) is 4. The molecule has 0 radical (unpaired) electrons. The molecule has 0 saturated heterocycles. The molecule has 0 aliphatic carbocycles. The largest absolute Gasteiger partial charge is 0.435 e. The molecule has 0 unspecified atom stereocenters. The third-order valence-electron chi connectivity index (χ3n) is 23.8. The van der Waals surface area contributed by atoms with E-state index in [2.05, 4.69) is 451 Å². The maximum Gasteiger partial charge on any atom is 0.318 e. The highest BCUT2D eigenvalue weighted by Gasteiger charge is 2.33. The molecule has 590 valence electrons. The van der Waals surface area contributed by atoms with Crippen LogP contribution in [0.3, 0.4) is 0 Å². The summed E-state index contributed by atoms with van der Waals surface area (Å²) in [5.41, 5.74) is 25.7. The molecule has 0 N–H and O–H groups in total. The summed E-state index contributed by atoms with van der Waals surface area (Å²) < 4.78 is 26.5. The highest BCUT2D eigenvalue weighted by Crippen LogP contribution is 2.57. The molecule has 0 amide bonds. The van der Waals surface area contributed by atoms with E-state index >= 15 is 0 Å². The highest BCUT2D eigenvalue weighted by atomic mass is 31.2. The van der Waals surface area contributed by atoms with Crippen molar-refractivity contribution in [2.24, 2.45) is 0 Å². The van der Waals surface area contributed by atoms with Gasteiger partial charge in [0.1, 0.15) is 11.5 Å². The molecular formula is C108H116N4O2P2. The van der Waals surface area contributed by atoms with Gasteiger partial charge in [0.25, 0.3) is 0 Å². The molecule has 0 spiro atoms. The lowest BCUT2D eigenvalue weighted by atomic mass is 9.79. The maximum atomic E-state index is 8.39. The standard InChI is InChI=1S/C108H116N4O2P2/c1-101(2,3)83-53-79(54-84(65-83)102(4,5)6)75-37-33-71-45-49-109(93(71)61-75)115(110-50-46-72-34-38-76(62-94(72)110)80-55-85(103(7,8)9)66-86(56-80)104(10,11)12)113-97-43-41-69-29-25-27-31-91(69)99(97)100-92-32-28-26-30-70(92)42-44-98(100)114-116(111-51-47-73-35-39-77(63-95(73)111)81-57-87(105(13,14)15)67-88(58-81)106(16,17)18)112-52-48-74-36-40-78(64-96(74)112)82-59-89(107(19,20)21)68-90(60-82)108(22,23)24/h25-68H,1-24H3. The van der Waals surface area contributed by atoms with Gasteiger partial charge in [0.2, 0.25) is 0 Å². The van der Waals surface area contributed by atoms with Crippen molar-refractivity contribution in [3.63, 3.8) is 0 Å². The first-order valence-electron chi connectivity index (χ1n) is 41.6. The minimum absolute atomic E-state index is 0.0673. The summed E-state index contributed by atoms with van der Waals surface area (Å²) >= 11 is 0. The predicted molar refractivity (Wildman–Crippen MR) is 503 cm³/mol. The highest BCUT2D eigenvalue weighted by molar-refractivity contribution is 7.50. The van der Waals surface area contributed by atoms with Gasteiger partial charge in [-0.1, -0.05) is 348 Å². The van der Waals surface area contributed by atoms with Crippen LogP contribution in [0.1, 0.15) is 211 Å². The lowest BCUT2D eigenvalue weighted by Gasteiger charge is -2.27. The molecule has 4 heterocycles. The zero-order valence-electron chi connectivity index (χ0n) is 72.9.